The molecule has 1 aromatic carbocycles. The lowest BCUT2D eigenvalue weighted by Gasteiger charge is -2.09. The normalized spacial score (nSPS) is 10.6. The molecule has 0 radical (unpaired) electrons. The number of imidazole rings is 1. The molecule has 0 spiro atoms. The maximum absolute atomic E-state index is 12.3. The molecule has 0 unspecified atom stereocenters. The first kappa shape index (κ1) is 13.3. The minimum Gasteiger partial charge on any atom is -0.398 e. The number of nitrogen functional groups attached to an aromatic ring is 1. The molecule has 0 amide bonds. The number of Topliss-reactive ketones (excluding diaryl/α,β-unsaturated/α-hetero) is 1. The summed E-state index contributed by atoms with van der Waals surface area (Å²) in [5.74, 6) is 0.877. The lowest BCUT2D eigenvalue weighted by atomic mass is 10.0. The molecule has 0 aliphatic heterocycles. The topological polar surface area (TPSA) is 60.9 Å². The van der Waals surface area contributed by atoms with Crippen molar-refractivity contribution < 1.29 is 4.79 Å². The van der Waals surface area contributed by atoms with Crippen LogP contribution in [0.5, 0.6) is 0 Å². The number of aryl methyl sites for hydroxylation is 1. The van der Waals surface area contributed by atoms with Crippen LogP contribution in [-0.4, -0.2) is 15.3 Å². The Morgan fingerprint density at radius 3 is 2.95 bits per heavy atom. The van der Waals surface area contributed by atoms with E-state index in [9.17, 15) is 4.79 Å². The summed E-state index contributed by atoms with van der Waals surface area (Å²) >= 11 is 0. The van der Waals surface area contributed by atoms with Crippen LogP contribution in [0.4, 0.5) is 5.69 Å². The van der Waals surface area contributed by atoms with Crippen molar-refractivity contribution in [3.63, 3.8) is 0 Å². The molecule has 4 nitrogen and oxygen atoms in total. The van der Waals surface area contributed by atoms with Gasteiger partial charge in [0.1, 0.15) is 5.82 Å². The number of carbonyl (C=O) groups excluding carboxylic acids is 1. The molecule has 0 saturated heterocycles. The zero-order valence-electron chi connectivity index (χ0n) is 11.4. The van der Waals surface area contributed by atoms with Gasteiger partial charge < -0.3 is 10.3 Å². The highest BCUT2D eigenvalue weighted by molar-refractivity contribution is 5.99. The SMILES string of the molecule is CCCn1ccnc1CC(=O)c1cccc(N)c1C. The van der Waals surface area contributed by atoms with E-state index in [1.807, 2.05) is 35.9 Å². The summed E-state index contributed by atoms with van der Waals surface area (Å²) in [4.78, 5) is 16.6. The summed E-state index contributed by atoms with van der Waals surface area (Å²) in [5.41, 5.74) is 8.03. The quantitative estimate of drug-likeness (QED) is 0.661. The van der Waals surface area contributed by atoms with Crippen LogP contribution in [0.15, 0.2) is 30.6 Å². The Labute approximate surface area is 113 Å². The molecule has 0 fully saturated rings. The van der Waals surface area contributed by atoms with Crippen molar-refractivity contribution in [3.8, 4) is 0 Å². The summed E-state index contributed by atoms with van der Waals surface area (Å²) < 4.78 is 2.03. The predicted molar refractivity (Wildman–Crippen MR) is 76.1 cm³/mol. The molecule has 100 valence electrons. The number of ketones is 1. The molecular formula is C15H19N3O. The summed E-state index contributed by atoms with van der Waals surface area (Å²) in [7, 11) is 0. The molecule has 1 aromatic heterocycles. The highest BCUT2D eigenvalue weighted by atomic mass is 16.1. The van der Waals surface area contributed by atoms with Crippen molar-refractivity contribution >= 4 is 11.5 Å². The standard InChI is InChI=1S/C15H19N3O/c1-3-8-18-9-7-17-15(18)10-14(19)12-5-4-6-13(16)11(12)2/h4-7,9H,3,8,10,16H2,1-2H3. The molecule has 0 aliphatic rings. The van der Waals surface area contributed by atoms with Gasteiger partial charge in [0.2, 0.25) is 0 Å². The van der Waals surface area contributed by atoms with E-state index in [2.05, 4.69) is 11.9 Å². The number of carbonyl (C=O) groups is 1. The molecule has 0 aliphatic carbocycles. The van der Waals surface area contributed by atoms with Crippen molar-refractivity contribution in [1.82, 2.24) is 9.55 Å². The largest absolute Gasteiger partial charge is 0.398 e. The van der Waals surface area contributed by atoms with Gasteiger partial charge in [0.15, 0.2) is 5.78 Å². The number of benzene rings is 1. The fourth-order valence-corrected chi connectivity index (χ4v) is 2.15. The van der Waals surface area contributed by atoms with Gasteiger partial charge in [0, 0.05) is 30.2 Å². The van der Waals surface area contributed by atoms with Gasteiger partial charge in [0.25, 0.3) is 0 Å². The average Bonchev–Trinajstić information content (AvgIpc) is 2.80. The van der Waals surface area contributed by atoms with Crippen LogP contribution in [0.25, 0.3) is 0 Å². The molecule has 19 heavy (non-hydrogen) atoms. The first-order valence-electron chi connectivity index (χ1n) is 6.51. The Bertz CT molecular complexity index is 587. The number of rotatable bonds is 5. The summed E-state index contributed by atoms with van der Waals surface area (Å²) in [6, 6.07) is 5.44. The van der Waals surface area contributed by atoms with Crippen molar-refractivity contribution in [2.24, 2.45) is 0 Å². The fourth-order valence-electron chi connectivity index (χ4n) is 2.15. The molecule has 2 rings (SSSR count). The van der Waals surface area contributed by atoms with Crippen molar-refractivity contribution in [3.05, 3.63) is 47.5 Å². The lowest BCUT2D eigenvalue weighted by Crippen LogP contribution is -2.12. The van der Waals surface area contributed by atoms with Gasteiger partial charge in [-0.05, 0) is 25.0 Å². The van der Waals surface area contributed by atoms with E-state index in [1.165, 1.54) is 0 Å². The number of hydrogen-bond donors (Lipinski definition) is 1. The Hall–Kier alpha value is -2.10. The van der Waals surface area contributed by atoms with Crippen LogP contribution in [0.3, 0.4) is 0 Å². The van der Waals surface area contributed by atoms with Gasteiger partial charge in [-0.3, -0.25) is 4.79 Å². The number of nitrogens with two attached hydrogens (primary N) is 1. The maximum atomic E-state index is 12.3. The molecule has 1 heterocycles. The van der Waals surface area contributed by atoms with E-state index < -0.39 is 0 Å². The minimum atomic E-state index is 0.0633. The number of aromatic nitrogens is 2. The van der Waals surface area contributed by atoms with Crippen molar-refractivity contribution in [2.45, 2.75) is 33.2 Å². The van der Waals surface area contributed by atoms with Gasteiger partial charge in [-0.25, -0.2) is 4.98 Å². The monoisotopic (exact) mass is 257 g/mol. The van der Waals surface area contributed by atoms with Gasteiger partial charge in [-0.15, -0.1) is 0 Å². The van der Waals surface area contributed by atoms with E-state index >= 15 is 0 Å². The molecular weight excluding hydrogens is 238 g/mol. The van der Waals surface area contributed by atoms with E-state index in [4.69, 9.17) is 5.73 Å². The second-order valence-electron chi connectivity index (χ2n) is 4.66. The first-order valence-corrected chi connectivity index (χ1v) is 6.51. The maximum Gasteiger partial charge on any atom is 0.170 e. The highest BCUT2D eigenvalue weighted by Crippen LogP contribution is 2.17. The lowest BCUT2D eigenvalue weighted by molar-refractivity contribution is 0.0989. The summed E-state index contributed by atoms with van der Waals surface area (Å²) in [6.07, 6.45) is 5.00. The second kappa shape index (κ2) is 5.69. The van der Waals surface area contributed by atoms with Gasteiger partial charge in [0.05, 0.1) is 6.42 Å². The molecule has 4 heteroatoms. The Balaban J connectivity index is 2.21. The Kier molecular flexibility index (Phi) is 4.00. The number of anilines is 1. The number of hydrogen-bond acceptors (Lipinski definition) is 3. The van der Waals surface area contributed by atoms with E-state index in [1.54, 1.807) is 6.20 Å². The molecule has 0 saturated carbocycles. The molecule has 2 aromatic rings. The highest BCUT2D eigenvalue weighted by Gasteiger charge is 2.14. The average molecular weight is 257 g/mol. The third-order valence-corrected chi connectivity index (χ3v) is 3.26. The Morgan fingerprint density at radius 1 is 1.42 bits per heavy atom. The van der Waals surface area contributed by atoms with Crippen LogP contribution in [0.2, 0.25) is 0 Å². The van der Waals surface area contributed by atoms with Gasteiger partial charge in [-0.2, -0.15) is 0 Å². The zero-order chi connectivity index (χ0) is 13.8. The second-order valence-corrected chi connectivity index (χ2v) is 4.66. The van der Waals surface area contributed by atoms with Gasteiger partial charge in [-0.1, -0.05) is 19.1 Å². The van der Waals surface area contributed by atoms with E-state index in [-0.39, 0.29) is 5.78 Å². The van der Waals surface area contributed by atoms with Gasteiger partial charge >= 0.3 is 0 Å². The van der Waals surface area contributed by atoms with Crippen LogP contribution < -0.4 is 5.73 Å². The minimum absolute atomic E-state index is 0.0633. The van der Waals surface area contributed by atoms with Crippen LogP contribution >= 0.6 is 0 Å². The third-order valence-electron chi connectivity index (χ3n) is 3.26. The summed E-state index contributed by atoms with van der Waals surface area (Å²) in [5, 5.41) is 0. The zero-order valence-corrected chi connectivity index (χ0v) is 11.4. The molecule has 0 atom stereocenters. The molecule has 0 bridgehead atoms. The molecule has 2 N–H and O–H groups in total. The van der Waals surface area contributed by atoms with E-state index in [0.717, 1.165) is 24.4 Å². The fraction of sp³-hybridized carbons (Fsp3) is 0.333. The summed E-state index contributed by atoms with van der Waals surface area (Å²) in [6.45, 7) is 4.87. The van der Waals surface area contributed by atoms with Crippen LogP contribution in [0.1, 0.15) is 35.1 Å². The van der Waals surface area contributed by atoms with Crippen LogP contribution in [0, 0.1) is 6.92 Å². The van der Waals surface area contributed by atoms with E-state index in [0.29, 0.717) is 17.7 Å². The number of nitrogens with zero attached hydrogens (tertiary/aromatic N) is 2. The van der Waals surface area contributed by atoms with Crippen molar-refractivity contribution in [1.29, 1.82) is 0 Å². The predicted octanol–water partition coefficient (Wildman–Crippen LogP) is 2.61. The smallest absolute Gasteiger partial charge is 0.170 e. The van der Waals surface area contributed by atoms with Crippen LogP contribution in [-0.2, 0) is 13.0 Å². The van der Waals surface area contributed by atoms with Crippen molar-refractivity contribution in [2.75, 3.05) is 5.73 Å². The Morgan fingerprint density at radius 2 is 2.21 bits per heavy atom. The third kappa shape index (κ3) is 2.84. The first-order chi connectivity index (χ1) is 9.13.